The van der Waals surface area contributed by atoms with Crippen LogP contribution in [0, 0.1) is 0 Å². The molecule has 0 heterocycles. The normalized spacial score (nSPS) is 11.5. The molecule has 6 heteroatoms. The lowest BCUT2D eigenvalue weighted by Gasteiger charge is -2.23. The van der Waals surface area contributed by atoms with Crippen molar-refractivity contribution < 1.29 is 19.1 Å². The number of methoxy groups -OCH3 is 1. The Morgan fingerprint density at radius 1 is 1.24 bits per heavy atom. The molecule has 132 valence electrons. The predicted molar refractivity (Wildman–Crippen MR) is 99.1 cm³/mol. The summed E-state index contributed by atoms with van der Waals surface area (Å²) >= 11 is 3.30. The first-order valence-electron chi connectivity index (χ1n) is 7.74. The highest BCUT2D eigenvalue weighted by Crippen LogP contribution is 2.33. The quantitative estimate of drug-likeness (QED) is 0.659. The number of carbonyl (C=O) groups excluding carboxylic acids is 2. The lowest BCUT2D eigenvalue weighted by molar-refractivity contribution is -0.137. The Morgan fingerprint density at radius 2 is 1.92 bits per heavy atom. The van der Waals surface area contributed by atoms with E-state index in [1.807, 2.05) is 30.3 Å². The highest BCUT2D eigenvalue weighted by atomic mass is 79.9. The van der Waals surface area contributed by atoms with Crippen molar-refractivity contribution >= 4 is 28.1 Å². The third-order valence-corrected chi connectivity index (χ3v) is 4.39. The van der Waals surface area contributed by atoms with Gasteiger partial charge in [0.2, 0.25) is 0 Å². The molecule has 0 spiro atoms. The first kappa shape index (κ1) is 19.0. The number of aldehydes is 1. The third-order valence-electron chi connectivity index (χ3n) is 3.70. The SMILES string of the molecule is COc1cc(Br)c(C=O)cc1O[C@@H](C)C(=O)N(C)Cc1ccccc1. The standard InChI is InChI=1S/C19H20BrNO4/c1-13(19(23)21(2)11-14-7-5-4-6-8-14)25-18-9-15(12-22)16(20)10-17(18)24-3/h4-10,12-13H,11H2,1-3H3/t13-/m0/s1. The average Bonchev–Trinajstić information content (AvgIpc) is 2.62. The molecule has 0 N–H and O–H groups in total. The van der Waals surface area contributed by atoms with Crippen LogP contribution in [-0.4, -0.2) is 37.4 Å². The molecular formula is C19H20BrNO4. The van der Waals surface area contributed by atoms with E-state index in [1.54, 1.807) is 31.0 Å². The summed E-state index contributed by atoms with van der Waals surface area (Å²) in [5.41, 5.74) is 1.46. The van der Waals surface area contributed by atoms with Crippen molar-refractivity contribution in [2.75, 3.05) is 14.2 Å². The Kier molecular flexibility index (Phi) is 6.58. The molecule has 25 heavy (non-hydrogen) atoms. The topological polar surface area (TPSA) is 55.8 Å². The molecule has 0 bridgehead atoms. The molecule has 0 aromatic heterocycles. The van der Waals surface area contributed by atoms with E-state index in [9.17, 15) is 9.59 Å². The summed E-state index contributed by atoms with van der Waals surface area (Å²) < 4.78 is 11.6. The van der Waals surface area contributed by atoms with E-state index in [-0.39, 0.29) is 5.91 Å². The lowest BCUT2D eigenvalue weighted by Crippen LogP contribution is -2.37. The molecule has 2 rings (SSSR count). The van der Waals surface area contributed by atoms with Crippen LogP contribution in [0.4, 0.5) is 0 Å². The summed E-state index contributed by atoms with van der Waals surface area (Å²) in [6, 6.07) is 12.9. The van der Waals surface area contributed by atoms with Crippen molar-refractivity contribution in [3.8, 4) is 11.5 Å². The first-order chi connectivity index (χ1) is 12.0. The van der Waals surface area contributed by atoms with Crippen LogP contribution in [0.3, 0.4) is 0 Å². The number of hydrogen-bond acceptors (Lipinski definition) is 4. The second-order valence-corrected chi connectivity index (χ2v) is 6.44. The zero-order chi connectivity index (χ0) is 18.4. The summed E-state index contributed by atoms with van der Waals surface area (Å²) in [6.45, 7) is 2.16. The van der Waals surface area contributed by atoms with E-state index in [4.69, 9.17) is 9.47 Å². The molecule has 0 fully saturated rings. The second-order valence-electron chi connectivity index (χ2n) is 5.58. The third kappa shape index (κ3) is 4.82. The summed E-state index contributed by atoms with van der Waals surface area (Å²) in [5.74, 6) is 0.631. The van der Waals surface area contributed by atoms with Gasteiger partial charge in [-0.15, -0.1) is 0 Å². The molecule has 0 saturated heterocycles. The van der Waals surface area contributed by atoms with Gasteiger partial charge in [0.25, 0.3) is 5.91 Å². The summed E-state index contributed by atoms with van der Waals surface area (Å²) in [6.07, 6.45) is -0.00648. The molecule has 0 unspecified atom stereocenters. The lowest BCUT2D eigenvalue weighted by atomic mass is 10.2. The maximum Gasteiger partial charge on any atom is 0.263 e. The summed E-state index contributed by atoms with van der Waals surface area (Å²) in [4.78, 5) is 25.3. The monoisotopic (exact) mass is 405 g/mol. The molecule has 1 atom stereocenters. The van der Waals surface area contributed by atoms with E-state index in [0.29, 0.717) is 34.4 Å². The number of halogens is 1. The second kappa shape index (κ2) is 8.67. The molecule has 2 aromatic rings. The minimum Gasteiger partial charge on any atom is -0.493 e. The van der Waals surface area contributed by atoms with Crippen LogP contribution < -0.4 is 9.47 Å². The number of ether oxygens (including phenoxy) is 2. The van der Waals surface area contributed by atoms with Crippen LogP contribution in [0.2, 0.25) is 0 Å². The van der Waals surface area contributed by atoms with Crippen LogP contribution in [0.25, 0.3) is 0 Å². The smallest absolute Gasteiger partial charge is 0.263 e. The molecule has 0 aliphatic rings. The fourth-order valence-electron chi connectivity index (χ4n) is 2.38. The number of benzene rings is 2. The summed E-state index contributed by atoms with van der Waals surface area (Å²) in [5, 5.41) is 0. The summed E-state index contributed by atoms with van der Waals surface area (Å²) in [7, 11) is 3.23. The van der Waals surface area contributed by atoms with E-state index >= 15 is 0 Å². The number of amides is 1. The van der Waals surface area contributed by atoms with Crippen LogP contribution in [0.1, 0.15) is 22.8 Å². The van der Waals surface area contributed by atoms with Gasteiger partial charge in [0.05, 0.1) is 7.11 Å². The molecule has 0 aliphatic carbocycles. The van der Waals surface area contributed by atoms with E-state index in [1.165, 1.54) is 7.11 Å². The first-order valence-corrected chi connectivity index (χ1v) is 8.53. The maximum absolute atomic E-state index is 12.6. The van der Waals surface area contributed by atoms with Crippen molar-refractivity contribution in [1.29, 1.82) is 0 Å². The van der Waals surface area contributed by atoms with Gasteiger partial charge in [0.1, 0.15) is 0 Å². The van der Waals surface area contributed by atoms with Crippen molar-refractivity contribution in [3.63, 3.8) is 0 Å². The molecular weight excluding hydrogens is 386 g/mol. The number of rotatable bonds is 7. The highest BCUT2D eigenvalue weighted by molar-refractivity contribution is 9.10. The minimum atomic E-state index is -0.719. The van der Waals surface area contributed by atoms with Crippen LogP contribution >= 0.6 is 15.9 Å². The van der Waals surface area contributed by atoms with Gasteiger partial charge < -0.3 is 14.4 Å². The number of likely N-dealkylation sites (N-methyl/N-ethyl adjacent to an activating group) is 1. The van der Waals surface area contributed by atoms with Gasteiger partial charge in [0.15, 0.2) is 23.9 Å². The number of nitrogens with zero attached hydrogens (tertiary/aromatic N) is 1. The Balaban J connectivity index is 2.11. The van der Waals surface area contributed by atoms with Gasteiger partial charge in [-0.1, -0.05) is 30.3 Å². The van der Waals surface area contributed by atoms with Crippen molar-refractivity contribution in [2.45, 2.75) is 19.6 Å². The minimum absolute atomic E-state index is 0.165. The fourth-order valence-corrected chi connectivity index (χ4v) is 2.80. The maximum atomic E-state index is 12.6. The van der Waals surface area contributed by atoms with Crippen molar-refractivity contribution in [1.82, 2.24) is 4.90 Å². The van der Waals surface area contributed by atoms with Gasteiger partial charge in [-0.25, -0.2) is 0 Å². The predicted octanol–water partition coefficient (Wildman–Crippen LogP) is 3.70. The Morgan fingerprint density at radius 3 is 2.52 bits per heavy atom. The Hall–Kier alpha value is -2.34. The molecule has 0 aliphatic heterocycles. The van der Waals surface area contributed by atoms with Crippen molar-refractivity contribution in [2.24, 2.45) is 0 Å². The zero-order valence-electron chi connectivity index (χ0n) is 14.4. The number of hydrogen-bond donors (Lipinski definition) is 0. The van der Waals surface area contributed by atoms with Gasteiger partial charge in [-0.3, -0.25) is 9.59 Å². The van der Waals surface area contributed by atoms with E-state index < -0.39 is 6.10 Å². The largest absolute Gasteiger partial charge is 0.493 e. The van der Waals surface area contributed by atoms with Gasteiger partial charge in [-0.2, -0.15) is 0 Å². The zero-order valence-corrected chi connectivity index (χ0v) is 15.9. The van der Waals surface area contributed by atoms with Crippen molar-refractivity contribution in [3.05, 3.63) is 58.1 Å². The molecule has 0 radical (unpaired) electrons. The fraction of sp³-hybridized carbons (Fsp3) is 0.263. The molecule has 1 amide bonds. The van der Waals surface area contributed by atoms with Gasteiger partial charge in [0, 0.05) is 23.6 Å². The van der Waals surface area contributed by atoms with Crippen LogP contribution in [0.5, 0.6) is 11.5 Å². The van der Waals surface area contributed by atoms with E-state index in [2.05, 4.69) is 15.9 Å². The highest BCUT2D eigenvalue weighted by Gasteiger charge is 2.21. The van der Waals surface area contributed by atoms with E-state index in [0.717, 1.165) is 5.56 Å². The van der Waals surface area contributed by atoms with Gasteiger partial charge in [-0.05, 0) is 40.5 Å². The van der Waals surface area contributed by atoms with Crippen LogP contribution in [0.15, 0.2) is 46.9 Å². The molecule has 2 aromatic carbocycles. The Bertz CT molecular complexity index is 749. The van der Waals surface area contributed by atoms with Crippen LogP contribution in [-0.2, 0) is 11.3 Å². The Labute approximate surface area is 155 Å². The number of carbonyl (C=O) groups is 2. The molecule has 5 nitrogen and oxygen atoms in total. The van der Waals surface area contributed by atoms with Gasteiger partial charge >= 0.3 is 0 Å². The average molecular weight is 406 g/mol. The molecule has 0 saturated carbocycles.